The van der Waals surface area contributed by atoms with Gasteiger partial charge in [-0.15, -0.1) is 11.3 Å². The van der Waals surface area contributed by atoms with Crippen LogP contribution in [0.1, 0.15) is 52.9 Å². The van der Waals surface area contributed by atoms with E-state index in [0.717, 1.165) is 86.0 Å². The predicted molar refractivity (Wildman–Crippen MR) is 172 cm³/mol. The number of hydrogen-bond donors (Lipinski definition) is 1. The minimum Gasteiger partial charge on any atom is -0.494 e. The van der Waals surface area contributed by atoms with Crippen LogP contribution in [-0.4, -0.2) is 61.5 Å². The summed E-state index contributed by atoms with van der Waals surface area (Å²) in [7, 11) is 0. The fourth-order valence-electron chi connectivity index (χ4n) is 5.87. The van der Waals surface area contributed by atoms with Crippen molar-refractivity contribution in [2.45, 2.75) is 52.9 Å². The van der Waals surface area contributed by atoms with Gasteiger partial charge in [0.15, 0.2) is 0 Å². The first-order valence-corrected chi connectivity index (χ1v) is 16.2. The molecule has 0 radical (unpaired) electrons. The largest absolute Gasteiger partial charge is 0.494 e. The second-order valence-electron chi connectivity index (χ2n) is 12.3. The molecule has 42 heavy (non-hydrogen) atoms. The van der Waals surface area contributed by atoms with E-state index in [1.54, 1.807) is 11.3 Å². The molecule has 8 heteroatoms. The van der Waals surface area contributed by atoms with Crippen LogP contribution >= 0.6 is 11.3 Å². The number of nitrogens with zero attached hydrogens (tertiary/aromatic N) is 2. The van der Waals surface area contributed by atoms with Gasteiger partial charge < -0.3 is 19.4 Å². The van der Waals surface area contributed by atoms with Crippen molar-refractivity contribution < 1.29 is 18.8 Å². The fourth-order valence-corrected chi connectivity index (χ4v) is 6.68. The number of piperazine rings is 1. The highest BCUT2D eigenvalue weighted by atomic mass is 32.1. The zero-order valence-electron chi connectivity index (χ0n) is 25.2. The van der Waals surface area contributed by atoms with Crippen LogP contribution in [0.3, 0.4) is 0 Å². The van der Waals surface area contributed by atoms with Crippen molar-refractivity contribution in [1.82, 2.24) is 4.98 Å². The molecule has 0 amide bonds. The van der Waals surface area contributed by atoms with Crippen molar-refractivity contribution in [3.63, 3.8) is 0 Å². The number of carbonyl (C=O) groups excluding carboxylic acids is 1. The summed E-state index contributed by atoms with van der Waals surface area (Å²) in [5.41, 5.74) is 1.50. The van der Waals surface area contributed by atoms with Crippen molar-refractivity contribution in [2.75, 3.05) is 51.0 Å². The first kappa shape index (κ1) is 30.1. The monoisotopic (exact) mass is 590 g/mol. The molecule has 0 unspecified atom stereocenters. The first-order chi connectivity index (χ1) is 20.3. The van der Waals surface area contributed by atoms with Gasteiger partial charge in [-0.25, -0.2) is 0 Å². The van der Waals surface area contributed by atoms with Crippen molar-refractivity contribution in [3.05, 3.63) is 70.3 Å². The summed E-state index contributed by atoms with van der Waals surface area (Å²) in [5.74, 6) is 0.671. The molecule has 4 aromatic rings. The van der Waals surface area contributed by atoms with Crippen LogP contribution in [-0.2, 0) is 9.53 Å². The van der Waals surface area contributed by atoms with Gasteiger partial charge in [-0.2, -0.15) is 0 Å². The van der Waals surface area contributed by atoms with Crippen molar-refractivity contribution in [3.8, 4) is 5.75 Å². The lowest BCUT2D eigenvalue weighted by molar-refractivity contribution is -0.944. The molecule has 1 saturated heterocycles. The van der Waals surface area contributed by atoms with Crippen molar-refractivity contribution in [2.24, 2.45) is 5.41 Å². The Kier molecular flexibility index (Phi) is 9.53. The van der Waals surface area contributed by atoms with Gasteiger partial charge in [-0.05, 0) is 80.3 Å². The number of benzene rings is 2. The number of hydrogen-bond acceptors (Lipinski definition) is 6. The average molecular weight is 591 g/mol. The molecule has 0 spiro atoms. The Hall–Kier alpha value is -3.36. The Bertz CT molecular complexity index is 1550. The zero-order valence-corrected chi connectivity index (χ0v) is 26.0. The third kappa shape index (κ3) is 7.16. The number of nitrogens with one attached hydrogen (secondary N) is 1. The van der Waals surface area contributed by atoms with Gasteiger partial charge in [0.05, 0.1) is 50.3 Å². The normalized spacial score (nSPS) is 15.3. The molecule has 0 saturated carbocycles. The number of pyridine rings is 1. The van der Waals surface area contributed by atoms with E-state index in [9.17, 15) is 9.59 Å². The minimum absolute atomic E-state index is 0.0865. The Labute approximate surface area is 252 Å². The van der Waals surface area contributed by atoms with E-state index < -0.39 is 5.41 Å². The minimum atomic E-state index is -0.464. The number of ether oxygens (including phenoxy) is 2. The third-order valence-electron chi connectivity index (χ3n) is 8.67. The van der Waals surface area contributed by atoms with Gasteiger partial charge in [-0.3, -0.25) is 14.1 Å². The van der Waals surface area contributed by atoms with E-state index >= 15 is 0 Å². The number of aromatic amines is 1. The highest BCUT2D eigenvalue weighted by Crippen LogP contribution is 2.32. The van der Waals surface area contributed by atoms with E-state index in [1.165, 1.54) is 21.8 Å². The predicted octanol–water partition coefficient (Wildman–Crippen LogP) is 6.96. The number of carbonyl (C=O) groups is 1. The number of anilines is 1. The SMILES string of the molecule is CCCCC(C)(C)C(=O)OC[N+]1(CCCCOc2ccc3ccc(=O)[nH]c3c2)CCN(c2cccc3sccc23)CC1. The van der Waals surface area contributed by atoms with Crippen LogP contribution < -0.4 is 15.2 Å². The topological polar surface area (TPSA) is 71.6 Å². The smallest absolute Gasteiger partial charge is 0.315 e. The Morgan fingerprint density at radius 3 is 2.67 bits per heavy atom. The van der Waals surface area contributed by atoms with Crippen LogP contribution in [0.25, 0.3) is 21.0 Å². The average Bonchev–Trinajstić information content (AvgIpc) is 3.48. The maximum atomic E-state index is 13.1. The lowest BCUT2D eigenvalue weighted by Gasteiger charge is -2.45. The number of H-pyrrole nitrogens is 1. The molecule has 1 N–H and O–H groups in total. The Balaban J connectivity index is 1.20. The quantitative estimate of drug-likeness (QED) is 0.104. The number of fused-ring (bicyclic) bond motifs is 2. The van der Waals surface area contributed by atoms with Gasteiger partial charge in [0, 0.05) is 27.9 Å². The molecule has 224 valence electrons. The summed E-state index contributed by atoms with van der Waals surface area (Å²) in [6.07, 6.45) is 4.82. The molecular formula is C34H44N3O4S+. The van der Waals surface area contributed by atoms with Gasteiger partial charge in [0.25, 0.3) is 0 Å². The molecule has 0 aliphatic carbocycles. The summed E-state index contributed by atoms with van der Waals surface area (Å²) in [5, 5.41) is 4.47. The van der Waals surface area contributed by atoms with Gasteiger partial charge in [0.1, 0.15) is 5.75 Å². The highest BCUT2D eigenvalue weighted by molar-refractivity contribution is 7.17. The number of unbranched alkanes of at least 4 members (excludes halogenated alkanes) is 2. The summed E-state index contributed by atoms with van der Waals surface area (Å²) < 4.78 is 14.2. The van der Waals surface area contributed by atoms with E-state index in [2.05, 4.69) is 46.5 Å². The van der Waals surface area contributed by atoms with E-state index in [-0.39, 0.29) is 11.5 Å². The maximum absolute atomic E-state index is 13.1. The second kappa shape index (κ2) is 13.3. The fraction of sp³-hybridized carbons (Fsp3) is 0.471. The van der Waals surface area contributed by atoms with Crippen LogP contribution in [0.4, 0.5) is 5.69 Å². The molecule has 5 rings (SSSR count). The Morgan fingerprint density at radius 2 is 1.86 bits per heavy atom. The van der Waals surface area contributed by atoms with E-state index in [1.807, 2.05) is 38.1 Å². The molecule has 1 aliphatic heterocycles. The molecular weight excluding hydrogens is 546 g/mol. The number of thiophene rings is 1. The van der Waals surface area contributed by atoms with Crippen LogP contribution in [0.5, 0.6) is 5.75 Å². The molecule has 3 heterocycles. The standard InChI is InChI=1S/C34H43N3O4S/c1-4-5-16-34(2,3)33(39)41-25-37(20-17-36(18-21-37)30-9-8-10-31-28(30)15-23-42-31)19-6-7-22-40-27-13-11-26-12-14-32(38)35-29(26)24-27/h8-15,23-24H,4-7,16-22,25H2,1-3H3/p+1. The molecule has 2 aromatic carbocycles. The van der Waals surface area contributed by atoms with E-state index in [4.69, 9.17) is 9.47 Å². The maximum Gasteiger partial charge on any atom is 0.315 e. The van der Waals surface area contributed by atoms with Crippen LogP contribution in [0.2, 0.25) is 0 Å². The molecule has 0 atom stereocenters. The summed E-state index contributed by atoms with van der Waals surface area (Å²) in [6.45, 7) is 11.8. The summed E-state index contributed by atoms with van der Waals surface area (Å²) in [6, 6.07) is 17.9. The van der Waals surface area contributed by atoms with Crippen LogP contribution in [0, 0.1) is 5.41 Å². The lowest BCUT2D eigenvalue weighted by Crippen LogP contribution is -2.61. The molecule has 2 aromatic heterocycles. The van der Waals surface area contributed by atoms with Gasteiger partial charge in [-0.1, -0.05) is 25.8 Å². The Morgan fingerprint density at radius 1 is 1.05 bits per heavy atom. The zero-order chi connectivity index (χ0) is 29.6. The van der Waals surface area contributed by atoms with Crippen molar-refractivity contribution in [1.29, 1.82) is 0 Å². The number of quaternary nitrogens is 1. The lowest BCUT2D eigenvalue weighted by atomic mass is 9.87. The number of aromatic nitrogens is 1. The number of esters is 1. The van der Waals surface area contributed by atoms with Crippen LogP contribution in [0.15, 0.2) is 64.8 Å². The molecule has 7 nitrogen and oxygen atoms in total. The molecule has 0 bridgehead atoms. The summed E-state index contributed by atoms with van der Waals surface area (Å²) >= 11 is 1.78. The van der Waals surface area contributed by atoms with Gasteiger partial charge >= 0.3 is 5.97 Å². The number of rotatable bonds is 13. The third-order valence-corrected chi connectivity index (χ3v) is 9.55. The second-order valence-corrected chi connectivity index (χ2v) is 13.2. The van der Waals surface area contributed by atoms with Gasteiger partial charge in [0.2, 0.25) is 12.3 Å². The highest BCUT2D eigenvalue weighted by Gasteiger charge is 2.37. The molecule has 1 fully saturated rings. The van der Waals surface area contributed by atoms with Crippen molar-refractivity contribution >= 4 is 44.0 Å². The first-order valence-electron chi connectivity index (χ1n) is 15.3. The molecule has 1 aliphatic rings. The summed E-state index contributed by atoms with van der Waals surface area (Å²) in [4.78, 5) is 30.2. The van der Waals surface area contributed by atoms with E-state index in [0.29, 0.717) is 13.3 Å².